The van der Waals surface area contributed by atoms with Gasteiger partial charge in [-0.25, -0.2) is 0 Å². The van der Waals surface area contributed by atoms with Gasteiger partial charge in [0.2, 0.25) is 0 Å². The third-order valence-corrected chi connectivity index (χ3v) is 9.68. The molecule has 1 aromatic rings. The molecule has 4 fully saturated rings. The largest absolute Gasteiger partial charge is 0.346 e. The van der Waals surface area contributed by atoms with E-state index >= 15 is 0 Å². The Bertz CT molecular complexity index is 785. The van der Waals surface area contributed by atoms with Gasteiger partial charge in [-0.2, -0.15) is 0 Å². The summed E-state index contributed by atoms with van der Waals surface area (Å²) >= 11 is 0. The number of carbonyl (C=O) groups is 1. The predicted octanol–water partition coefficient (Wildman–Crippen LogP) is 4.44. The minimum Gasteiger partial charge on any atom is -0.346 e. The van der Waals surface area contributed by atoms with Crippen LogP contribution in [-0.4, -0.2) is 87.1 Å². The van der Waals surface area contributed by atoms with Crippen LogP contribution in [0.25, 0.3) is 0 Å². The number of anilines is 1. The Morgan fingerprint density at radius 3 is 2.32 bits per heavy atom. The lowest BCUT2D eigenvalue weighted by Gasteiger charge is -2.60. The quantitative estimate of drug-likeness (QED) is 0.354. The lowest BCUT2D eigenvalue weighted by molar-refractivity contribution is -0.115. The summed E-state index contributed by atoms with van der Waals surface area (Å²) in [5, 5.41) is 0. The number of benzene rings is 1. The fraction of sp³-hybridized carbons (Fsp3) is 0.759. The van der Waals surface area contributed by atoms with E-state index in [2.05, 4.69) is 84.9 Å². The number of piperidine rings is 1. The fourth-order valence-electron chi connectivity index (χ4n) is 7.04. The van der Waals surface area contributed by atoms with Crippen LogP contribution in [0.4, 0.5) is 5.69 Å². The molecule has 3 aliphatic carbocycles. The van der Waals surface area contributed by atoms with E-state index in [9.17, 15) is 4.79 Å². The topological polar surface area (TPSA) is 30.0 Å². The molecular weight excluding hydrogens is 420 g/mol. The Kier molecular flexibility index (Phi) is 8.06. The van der Waals surface area contributed by atoms with Gasteiger partial charge in [-0.05, 0) is 102 Å². The molecule has 34 heavy (non-hydrogen) atoms. The van der Waals surface area contributed by atoms with Crippen molar-refractivity contribution in [1.82, 2.24) is 14.7 Å². The number of hydrogen-bond donors (Lipinski definition) is 0. The summed E-state index contributed by atoms with van der Waals surface area (Å²) < 4.78 is 0. The molecule has 0 N–H and O–H groups in total. The second-order valence-corrected chi connectivity index (χ2v) is 12.3. The van der Waals surface area contributed by atoms with Crippen molar-refractivity contribution in [3.05, 3.63) is 30.3 Å². The number of rotatable bonds is 11. The van der Waals surface area contributed by atoms with Crippen molar-refractivity contribution in [3.8, 4) is 0 Å². The molecular formula is C29H48N4O. The highest BCUT2D eigenvalue weighted by molar-refractivity contribution is 5.72. The van der Waals surface area contributed by atoms with Gasteiger partial charge in [-0.3, -0.25) is 4.90 Å². The van der Waals surface area contributed by atoms with Gasteiger partial charge in [-0.1, -0.05) is 32.0 Å². The Balaban J connectivity index is 1.37. The van der Waals surface area contributed by atoms with Crippen LogP contribution in [0.2, 0.25) is 0 Å². The van der Waals surface area contributed by atoms with E-state index in [1.807, 2.05) is 0 Å². The molecule has 5 rings (SSSR count). The van der Waals surface area contributed by atoms with Gasteiger partial charge >= 0.3 is 0 Å². The summed E-state index contributed by atoms with van der Waals surface area (Å²) in [7, 11) is 6.40. The van der Waals surface area contributed by atoms with Gasteiger partial charge in [0.15, 0.2) is 0 Å². The minimum atomic E-state index is -0.418. The number of aldehydes is 1. The SMILES string of the molecule is CN(C)CCN(C)CN(c1ccccc1)C1(C=O)CCN(CCC2CCC3CC2C3(C)C)CC1. The van der Waals surface area contributed by atoms with Crippen molar-refractivity contribution >= 4 is 12.0 Å². The molecule has 0 aromatic heterocycles. The third kappa shape index (κ3) is 5.37. The van der Waals surface area contributed by atoms with Crippen LogP contribution in [0, 0.1) is 23.2 Å². The van der Waals surface area contributed by atoms with Crippen molar-refractivity contribution in [3.63, 3.8) is 0 Å². The van der Waals surface area contributed by atoms with Gasteiger partial charge < -0.3 is 19.5 Å². The molecule has 3 unspecified atom stereocenters. The fourth-order valence-corrected chi connectivity index (χ4v) is 7.04. The number of hydrogen-bond acceptors (Lipinski definition) is 5. The summed E-state index contributed by atoms with van der Waals surface area (Å²) in [6.07, 6.45) is 8.77. The Labute approximate surface area is 208 Å². The summed E-state index contributed by atoms with van der Waals surface area (Å²) in [5.74, 6) is 2.83. The highest BCUT2D eigenvalue weighted by atomic mass is 16.1. The van der Waals surface area contributed by atoms with E-state index < -0.39 is 5.54 Å². The zero-order valence-electron chi connectivity index (χ0n) is 22.4. The molecule has 1 heterocycles. The second kappa shape index (κ2) is 10.7. The van der Waals surface area contributed by atoms with Gasteiger partial charge in [0.05, 0.1) is 12.2 Å². The summed E-state index contributed by atoms with van der Waals surface area (Å²) in [4.78, 5) is 22.3. The minimum absolute atomic E-state index is 0.418. The molecule has 2 bridgehead atoms. The van der Waals surface area contributed by atoms with Crippen molar-refractivity contribution in [2.24, 2.45) is 23.2 Å². The number of carbonyl (C=O) groups excluding carboxylic acids is 1. The van der Waals surface area contributed by atoms with Crippen LogP contribution in [0.3, 0.4) is 0 Å². The number of nitrogens with zero attached hydrogens (tertiary/aromatic N) is 4. The zero-order chi connectivity index (χ0) is 24.3. The molecule has 5 heteroatoms. The van der Waals surface area contributed by atoms with Gasteiger partial charge in [0.25, 0.3) is 0 Å². The lowest BCUT2D eigenvalue weighted by Crippen LogP contribution is -2.59. The van der Waals surface area contributed by atoms with Crippen molar-refractivity contribution < 1.29 is 4.79 Å². The van der Waals surface area contributed by atoms with Crippen LogP contribution in [0.5, 0.6) is 0 Å². The zero-order valence-corrected chi connectivity index (χ0v) is 22.4. The van der Waals surface area contributed by atoms with Crippen molar-refractivity contribution in [1.29, 1.82) is 0 Å². The number of likely N-dealkylation sites (tertiary alicyclic amines) is 1. The Morgan fingerprint density at radius 2 is 1.74 bits per heavy atom. The summed E-state index contributed by atoms with van der Waals surface area (Å²) in [5.41, 5.74) is 1.31. The van der Waals surface area contributed by atoms with Crippen LogP contribution in [0.1, 0.15) is 52.4 Å². The molecule has 4 aliphatic rings. The second-order valence-electron chi connectivity index (χ2n) is 12.3. The molecule has 3 atom stereocenters. The highest BCUT2D eigenvalue weighted by Crippen LogP contribution is 2.62. The standard InChI is InChI=1S/C29H48N4O/c1-28(2)25-12-11-24(27(28)21-25)13-16-32-17-14-29(22-34,15-18-32)33(26-9-7-6-8-10-26)23-31(5)20-19-30(3)4/h6-10,22,24-25,27H,11-21,23H2,1-5H3. The number of likely N-dealkylation sites (N-methyl/N-ethyl adjacent to an activating group) is 2. The van der Waals surface area contributed by atoms with Crippen molar-refractivity contribution in [2.75, 3.05) is 65.4 Å². The average molecular weight is 469 g/mol. The molecule has 0 amide bonds. The van der Waals surface area contributed by atoms with Gasteiger partial charge in [0, 0.05) is 31.9 Å². The monoisotopic (exact) mass is 468 g/mol. The van der Waals surface area contributed by atoms with E-state index in [1.54, 1.807) is 0 Å². The van der Waals surface area contributed by atoms with E-state index in [4.69, 9.17) is 0 Å². The summed E-state index contributed by atoms with van der Waals surface area (Å²) in [6, 6.07) is 10.6. The molecule has 0 radical (unpaired) electrons. The first-order valence-corrected chi connectivity index (χ1v) is 13.6. The molecule has 0 spiro atoms. The maximum absolute atomic E-state index is 12.7. The first-order valence-electron chi connectivity index (χ1n) is 13.6. The Hall–Kier alpha value is -1.43. The first-order chi connectivity index (χ1) is 16.2. The maximum Gasteiger partial charge on any atom is 0.145 e. The average Bonchev–Trinajstić information content (AvgIpc) is 2.85. The molecule has 1 aromatic carbocycles. The molecule has 190 valence electrons. The van der Waals surface area contributed by atoms with E-state index in [0.29, 0.717) is 5.41 Å². The highest BCUT2D eigenvalue weighted by Gasteiger charge is 2.53. The number of fused-ring (bicyclic) bond motifs is 2. The normalized spacial score (nSPS) is 28.0. The lowest BCUT2D eigenvalue weighted by atomic mass is 9.45. The van der Waals surface area contributed by atoms with Crippen LogP contribution >= 0.6 is 0 Å². The van der Waals surface area contributed by atoms with Crippen LogP contribution in [0.15, 0.2) is 30.3 Å². The van der Waals surface area contributed by atoms with Crippen LogP contribution in [-0.2, 0) is 4.79 Å². The van der Waals surface area contributed by atoms with E-state index in [0.717, 1.165) is 69.1 Å². The van der Waals surface area contributed by atoms with Crippen molar-refractivity contribution in [2.45, 2.75) is 57.9 Å². The maximum atomic E-state index is 12.7. The Morgan fingerprint density at radius 1 is 1.03 bits per heavy atom. The van der Waals surface area contributed by atoms with Gasteiger partial charge in [-0.15, -0.1) is 0 Å². The van der Waals surface area contributed by atoms with E-state index in [-0.39, 0.29) is 0 Å². The molecule has 3 saturated carbocycles. The molecule has 1 saturated heterocycles. The van der Waals surface area contributed by atoms with Crippen LogP contribution < -0.4 is 4.90 Å². The predicted molar refractivity (Wildman–Crippen MR) is 142 cm³/mol. The molecule has 1 aliphatic heterocycles. The van der Waals surface area contributed by atoms with Gasteiger partial charge in [0.1, 0.15) is 6.29 Å². The third-order valence-electron chi connectivity index (χ3n) is 9.68. The first kappa shape index (κ1) is 25.7. The summed E-state index contributed by atoms with van der Waals surface area (Å²) in [6.45, 7) is 11.0. The molecule has 5 nitrogen and oxygen atoms in total. The number of para-hydroxylation sites is 1. The van der Waals surface area contributed by atoms with E-state index in [1.165, 1.54) is 38.5 Å². The smallest absolute Gasteiger partial charge is 0.145 e.